The van der Waals surface area contributed by atoms with Gasteiger partial charge in [0, 0.05) is 41.6 Å². The zero-order valence-corrected chi connectivity index (χ0v) is 25.2. The Balaban J connectivity index is 1.33. The van der Waals surface area contributed by atoms with Gasteiger partial charge in [-0.2, -0.15) is 13.2 Å². The lowest BCUT2D eigenvalue weighted by atomic mass is 10.0. The molecule has 2 aromatic heterocycles. The second-order valence-corrected chi connectivity index (χ2v) is 10.6. The number of hydrogen-bond donors (Lipinski definition) is 3. The van der Waals surface area contributed by atoms with Gasteiger partial charge in [-0.1, -0.05) is 48.0 Å². The van der Waals surface area contributed by atoms with Gasteiger partial charge in [0.1, 0.15) is 23.7 Å². The SMILES string of the molecule is CNc1cc(-n2cc(-c3ccc(OC)cc3)c3ccc(-c4cccc(NC(=O)Nc5ccc(Cl)c(C(F)(F)F)c5)c4)cc32)ncn1. The molecule has 0 spiro atoms. The van der Waals surface area contributed by atoms with E-state index in [1.54, 1.807) is 32.4 Å². The average molecular weight is 643 g/mol. The molecular weight excluding hydrogens is 617 g/mol. The highest BCUT2D eigenvalue weighted by Gasteiger charge is 2.33. The number of rotatable bonds is 7. The van der Waals surface area contributed by atoms with Crippen molar-refractivity contribution in [1.82, 2.24) is 14.5 Å². The quantitative estimate of drug-likeness (QED) is 0.161. The van der Waals surface area contributed by atoms with E-state index in [4.69, 9.17) is 16.3 Å². The third-order valence-electron chi connectivity index (χ3n) is 7.35. The Morgan fingerprint density at radius 1 is 0.848 bits per heavy atom. The van der Waals surface area contributed by atoms with Crippen molar-refractivity contribution in [2.24, 2.45) is 0 Å². The summed E-state index contributed by atoms with van der Waals surface area (Å²) in [4.78, 5) is 21.5. The highest BCUT2D eigenvalue weighted by Crippen LogP contribution is 2.37. The van der Waals surface area contributed by atoms with Gasteiger partial charge in [-0.3, -0.25) is 0 Å². The third kappa shape index (κ3) is 6.31. The number of amides is 2. The van der Waals surface area contributed by atoms with Crippen LogP contribution in [0, 0.1) is 0 Å². The Labute approximate surface area is 266 Å². The molecule has 3 N–H and O–H groups in total. The van der Waals surface area contributed by atoms with Crippen molar-refractivity contribution in [2.75, 3.05) is 30.1 Å². The van der Waals surface area contributed by atoms with Crippen LogP contribution in [0.4, 0.5) is 35.2 Å². The molecular formula is C34H26ClF3N6O2. The molecule has 6 rings (SSSR count). The second-order valence-electron chi connectivity index (χ2n) is 10.2. The van der Waals surface area contributed by atoms with E-state index in [2.05, 4.69) is 25.9 Å². The smallest absolute Gasteiger partial charge is 0.417 e. The van der Waals surface area contributed by atoms with Gasteiger partial charge in [0.15, 0.2) is 0 Å². The van der Waals surface area contributed by atoms with Crippen LogP contribution in [0.5, 0.6) is 5.75 Å². The predicted molar refractivity (Wildman–Crippen MR) is 175 cm³/mol. The lowest BCUT2D eigenvalue weighted by Gasteiger charge is -2.13. The zero-order chi connectivity index (χ0) is 32.4. The highest BCUT2D eigenvalue weighted by molar-refractivity contribution is 6.31. The molecule has 46 heavy (non-hydrogen) atoms. The van der Waals surface area contributed by atoms with E-state index >= 15 is 0 Å². The Hall–Kier alpha value is -5.55. The van der Waals surface area contributed by atoms with Gasteiger partial charge < -0.3 is 25.3 Å². The van der Waals surface area contributed by atoms with Crippen molar-refractivity contribution < 1.29 is 22.7 Å². The van der Waals surface area contributed by atoms with Crippen LogP contribution in [-0.4, -0.2) is 34.7 Å². The molecule has 0 atom stereocenters. The first kappa shape index (κ1) is 30.5. The normalized spacial score (nSPS) is 11.3. The highest BCUT2D eigenvalue weighted by atomic mass is 35.5. The first-order valence-corrected chi connectivity index (χ1v) is 14.4. The summed E-state index contributed by atoms with van der Waals surface area (Å²) in [6, 6.07) is 25.4. The van der Waals surface area contributed by atoms with Crippen molar-refractivity contribution in [3.63, 3.8) is 0 Å². The van der Waals surface area contributed by atoms with Gasteiger partial charge in [-0.15, -0.1) is 0 Å². The van der Waals surface area contributed by atoms with Crippen LogP contribution in [0.1, 0.15) is 5.56 Å². The fourth-order valence-corrected chi connectivity index (χ4v) is 5.33. The van der Waals surface area contributed by atoms with E-state index in [0.717, 1.165) is 51.0 Å². The Morgan fingerprint density at radius 2 is 1.57 bits per heavy atom. The molecule has 0 saturated carbocycles. The Morgan fingerprint density at radius 3 is 2.28 bits per heavy atom. The van der Waals surface area contributed by atoms with Crippen LogP contribution in [0.2, 0.25) is 5.02 Å². The van der Waals surface area contributed by atoms with Crippen molar-refractivity contribution in [2.45, 2.75) is 6.18 Å². The third-order valence-corrected chi connectivity index (χ3v) is 7.68. The molecule has 232 valence electrons. The number of hydrogen-bond acceptors (Lipinski definition) is 5. The summed E-state index contributed by atoms with van der Waals surface area (Å²) in [5, 5.41) is 8.72. The molecule has 2 heterocycles. The summed E-state index contributed by atoms with van der Waals surface area (Å²) in [7, 11) is 3.41. The van der Waals surface area contributed by atoms with Crippen LogP contribution < -0.4 is 20.7 Å². The number of ether oxygens (including phenoxy) is 1. The van der Waals surface area contributed by atoms with E-state index in [9.17, 15) is 18.0 Å². The topological polar surface area (TPSA) is 93.1 Å². The number of anilines is 3. The molecule has 0 aliphatic heterocycles. The summed E-state index contributed by atoms with van der Waals surface area (Å²) >= 11 is 5.70. The summed E-state index contributed by atoms with van der Waals surface area (Å²) in [5.41, 5.74) is 3.93. The molecule has 0 fully saturated rings. The number of alkyl halides is 3. The number of carbonyl (C=O) groups excluding carboxylic acids is 1. The van der Waals surface area contributed by atoms with Crippen LogP contribution in [-0.2, 0) is 6.18 Å². The minimum absolute atomic E-state index is 0.0459. The van der Waals surface area contributed by atoms with Crippen LogP contribution in [0.25, 0.3) is 39.0 Å². The van der Waals surface area contributed by atoms with E-state index in [-0.39, 0.29) is 5.69 Å². The molecule has 6 aromatic rings. The van der Waals surface area contributed by atoms with Crippen molar-refractivity contribution in [3.8, 4) is 33.8 Å². The summed E-state index contributed by atoms with van der Waals surface area (Å²) in [6.07, 6.45) is -1.13. The lowest BCUT2D eigenvalue weighted by Crippen LogP contribution is -2.20. The molecule has 0 aliphatic rings. The summed E-state index contributed by atoms with van der Waals surface area (Å²) < 4.78 is 47.1. The van der Waals surface area contributed by atoms with Gasteiger partial charge in [0.25, 0.3) is 0 Å². The number of aromatic nitrogens is 3. The van der Waals surface area contributed by atoms with Crippen molar-refractivity contribution >= 4 is 45.7 Å². The number of methoxy groups -OCH3 is 1. The first-order chi connectivity index (χ1) is 22.1. The van der Waals surface area contributed by atoms with Crippen LogP contribution in [0.3, 0.4) is 0 Å². The Bertz CT molecular complexity index is 2060. The molecule has 2 amide bonds. The summed E-state index contributed by atoms with van der Waals surface area (Å²) in [6.45, 7) is 0. The fraction of sp³-hybridized carbons (Fsp3) is 0.0882. The molecule has 0 radical (unpaired) electrons. The van der Waals surface area contributed by atoms with Gasteiger partial charge >= 0.3 is 12.2 Å². The van der Waals surface area contributed by atoms with E-state index < -0.39 is 22.8 Å². The van der Waals surface area contributed by atoms with Crippen molar-refractivity contribution in [3.05, 3.63) is 114 Å². The van der Waals surface area contributed by atoms with Crippen LogP contribution in [0.15, 0.2) is 104 Å². The number of halogens is 4. The maximum absolute atomic E-state index is 13.3. The minimum atomic E-state index is -4.65. The standard InChI is InChI=1S/C34H26ClF3N6O2/c1-39-31-17-32(41-19-40-31)44-18-27(20-6-10-25(46-2)11-7-20)26-12-8-22(15-30(26)44)21-4-3-5-23(14-21)42-33(45)43-24-9-13-29(35)28(16-24)34(36,37)38/h3-19H,1-2H3,(H,39,40,41)(H2,42,43,45). The molecule has 12 heteroatoms. The molecule has 0 bridgehead atoms. The second kappa shape index (κ2) is 12.4. The van der Waals surface area contributed by atoms with Gasteiger partial charge in [0.05, 0.1) is 23.2 Å². The van der Waals surface area contributed by atoms with E-state index in [1.807, 2.05) is 65.4 Å². The van der Waals surface area contributed by atoms with E-state index in [0.29, 0.717) is 17.3 Å². The number of nitrogens with one attached hydrogen (secondary N) is 3. The molecule has 4 aromatic carbocycles. The van der Waals surface area contributed by atoms with Gasteiger partial charge in [-0.05, 0) is 65.2 Å². The maximum Gasteiger partial charge on any atom is 0.417 e. The predicted octanol–water partition coefficient (Wildman–Crippen LogP) is 9.12. The molecule has 0 saturated heterocycles. The number of fused-ring (bicyclic) bond motifs is 1. The van der Waals surface area contributed by atoms with Crippen LogP contribution >= 0.6 is 11.6 Å². The average Bonchev–Trinajstić information content (AvgIpc) is 3.44. The van der Waals surface area contributed by atoms with Crippen molar-refractivity contribution in [1.29, 1.82) is 0 Å². The molecule has 0 aliphatic carbocycles. The summed E-state index contributed by atoms with van der Waals surface area (Å²) in [5.74, 6) is 2.09. The zero-order valence-electron chi connectivity index (χ0n) is 24.5. The van der Waals surface area contributed by atoms with Gasteiger partial charge in [0.2, 0.25) is 0 Å². The minimum Gasteiger partial charge on any atom is -0.497 e. The lowest BCUT2D eigenvalue weighted by molar-refractivity contribution is -0.137. The number of carbonyl (C=O) groups is 1. The number of benzene rings is 4. The Kier molecular flexibility index (Phi) is 8.25. The van der Waals surface area contributed by atoms with E-state index in [1.165, 1.54) is 12.4 Å². The first-order valence-electron chi connectivity index (χ1n) is 14.0. The molecule has 0 unspecified atom stereocenters. The largest absolute Gasteiger partial charge is 0.497 e. The molecule has 8 nitrogen and oxygen atoms in total. The fourth-order valence-electron chi connectivity index (χ4n) is 5.10. The maximum atomic E-state index is 13.3. The monoisotopic (exact) mass is 642 g/mol. The number of nitrogens with zero attached hydrogens (tertiary/aromatic N) is 3. The number of urea groups is 1. The van der Waals surface area contributed by atoms with Gasteiger partial charge in [-0.25, -0.2) is 14.8 Å².